The van der Waals surface area contributed by atoms with Gasteiger partial charge in [0.05, 0.1) is 4.90 Å². The summed E-state index contributed by atoms with van der Waals surface area (Å²) in [4.78, 5) is 25.1. The number of carbonyl (C=O) groups is 1. The molecule has 9 heteroatoms. The second-order valence-electron chi connectivity index (χ2n) is 5.32. The second-order valence-corrected chi connectivity index (χ2v) is 7.25. The van der Waals surface area contributed by atoms with Gasteiger partial charge in [0.15, 0.2) is 0 Å². The molecule has 126 valence electrons. The number of aromatic amines is 1. The van der Waals surface area contributed by atoms with Crippen LogP contribution in [0.1, 0.15) is 10.5 Å². The van der Waals surface area contributed by atoms with E-state index >= 15 is 0 Å². The van der Waals surface area contributed by atoms with Gasteiger partial charge in [0.25, 0.3) is 11.5 Å². The lowest BCUT2D eigenvalue weighted by atomic mass is 10.3. The topological polar surface area (TPSA) is 103 Å². The molecule has 0 bridgehead atoms. The first-order valence-electron chi connectivity index (χ1n) is 7.39. The molecule has 1 N–H and O–H groups in total. The van der Waals surface area contributed by atoms with Crippen LogP contribution in [0.4, 0.5) is 0 Å². The van der Waals surface area contributed by atoms with Gasteiger partial charge in [-0.3, -0.25) is 9.59 Å². The van der Waals surface area contributed by atoms with Crippen LogP contribution in [-0.2, 0) is 10.0 Å². The van der Waals surface area contributed by atoms with E-state index in [1.807, 2.05) is 0 Å². The van der Waals surface area contributed by atoms with Crippen molar-refractivity contribution in [2.75, 3.05) is 26.2 Å². The summed E-state index contributed by atoms with van der Waals surface area (Å²) < 4.78 is 26.5. The molecule has 1 saturated heterocycles. The third kappa shape index (κ3) is 3.22. The number of hydrogen-bond acceptors (Lipinski definition) is 5. The Morgan fingerprint density at radius 1 is 1.00 bits per heavy atom. The quantitative estimate of drug-likeness (QED) is 0.835. The number of aromatic nitrogens is 2. The van der Waals surface area contributed by atoms with Crippen molar-refractivity contribution < 1.29 is 13.2 Å². The number of piperazine rings is 1. The number of amides is 1. The predicted octanol–water partition coefficient (Wildman–Crippen LogP) is -0.0834. The third-order valence-corrected chi connectivity index (χ3v) is 5.72. The molecule has 0 atom stereocenters. The lowest BCUT2D eigenvalue weighted by molar-refractivity contribution is 0.0690. The molecule has 0 radical (unpaired) electrons. The minimum absolute atomic E-state index is 0.133. The van der Waals surface area contributed by atoms with Gasteiger partial charge in [-0.05, 0) is 18.2 Å². The smallest absolute Gasteiger partial charge is 0.274 e. The van der Waals surface area contributed by atoms with Gasteiger partial charge in [-0.15, -0.1) is 0 Å². The van der Waals surface area contributed by atoms with Crippen molar-refractivity contribution in [3.63, 3.8) is 0 Å². The maximum absolute atomic E-state index is 12.5. The molecule has 0 saturated carbocycles. The van der Waals surface area contributed by atoms with Crippen LogP contribution in [0, 0.1) is 0 Å². The zero-order valence-corrected chi connectivity index (χ0v) is 13.6. The van der Waals surface area contributed by atoms with Gasteiger partial charge < -0.3 is 4.90 Å². The summed E-state index contributed by atoms with van der Waals surface area (Å²) in [5.74, 6) is -0.331. The summed E-state index contributed by atoms with van der Waals surface area (Å²) in [6.45, 7) is 0.968. The van der Waals surface area contributed by atoms with E-state index in [0.29, 0.717) is 0 Å². The highest BCUT2D eigenvalue weighted by atomic mass is 32.2. The highest BCUT2D eigenvalue weighted by molar-refractivity contribution is 7.89. The van der Waals surface area contributed by atoms with E-state index in [1.165, 1.54) is 21.3 Å². The summed E-state index contributed by atoms with van der Waals surface area (Å²) >= 11 is 0. The Bertz CT molecular complexity index is 867. The molecule has 3 rings (SSSR count). The first kappa shape index (κ1) is 16.3. The van der Waals surface area contributed by atoms with Crippen LogP contribution in [0.5, 0.6) is 0 Å². The number of nitrogens with zero attached hydrogens (tertiary/aromatic N) is 3. The molecule has 0 aliphatic carbocycles. The van der Waals surface area contributed by atoms with Crippen molar-refractivity contribution in [1.82, 2.24) is 19.4 Å². The van der Waals surface area contributed by atoms with Crippen molar-refractivity contribution in [1.29, 1.82) is 0 Å². The van der Waals surface area contributed by atoms with Crippen LogP contribution < -0.4 is 5.56 Å². The summed E-state index contributed by atoms with van der Waals surface area (Å²) in [6.07, 6.45) is 0. The standard InChI is InChI=1S/C15H16N4O4S/c20-14-7-6-13(16-17-14)15(21)18-8-10-19(11-9-18)24(22,23)12-4-2-1-3-5-12/h1-7H,8-11H2,(H,17,20). The van der Waals surface area contributed by atoms with Gasteiger partial charge in [-0.25, -0.2) is 13.5 Å². The normalized spacial score (nSPS) is 16.1. The summed E-state index contributed by atoms with van der Waals surface area (Å²) in [7, 11) is -3.55. The fraction of sp³-hybridized carbons (Fsp3) is 0.267. The van der Waals surface area contributed by atoms with Crippen LogP contribution in [0.2, 0.25) is 0 Å². The molecule has 1 aromatic carbocycles. The molecule has 1 aromatic heterocycles. The average molecular weight is 348 g/mol. The second kappa shape index (κ2) is 6.54. The Kier molecular flexibility index (Phi) is 4.45. The highest BCUT2D eigenvalue weighted by Gasteiger charge is 2.30. The van der Waals surface area contributed by atoms with E-state index < -0.39 is 10.0 Å². The summed E-state index contributed by atoms with van der Waals surface area (Å²) in [6, 6.07) is 10.8. The van der Waals surface area contributed by atoms with E-state index in [2.05, 4.69) is 10.2 Å². The van der Waals surface area contributed by atoms with E-state index in [9.17, 15) is 18.0 Å². The minimum Gasteiger partial charge on any atom is -0.335 e. The third-order valence-electron chi connectivity index (χ3n) is 3.81. The Morgan fingerprint density at radius 3 is 2.25 bits per heavy atom. The molecule has 24 heavy (non-hydrogen) atoms. The van der Waals surface area contributed by atoms with Crippen molar-refractivity contribution >= 4 is 15.9 Å². The van der Waals surface area contributed by atoms with Gasteiger partial charge in [-0.1, -0.05) is 18.2 Å². The van der Waals surface area contributed by atoms with Gasteiger partial charge in [-0.2, -0.15) is 9.40 Å². The summed E-state index contributed by atoms with van der Waals surface area (Å²) in [5, 5.41) is 5.92. The Balaban J connectivity index is 1.69. The van der Waals surface area contributed by atoms with E-state index in [4.69, 9.17) is 0 Å². The zero-order chi connectivity index (χ0) is 17.2. The predicted molar refractivity (Wildman–Crippen MR) is 86.0 cm³/mol. The maximum atomic E-state index is 12.5. The largest absolute Gasteiger partial charge is 0.335 e. The number of sulfonamides is 1. The van der Waals surface area contributed by atoms with Crippen LogP contribution in [0.15, 0.2) is 52.2 Å². The summed E-state index contributed by atoms with van der Waals surface area (Å²) in [5.41, 5.74) is -0.251. The van der Waals surface area contributed by atoms with E-state index in [-0.39, 0.29) is 48.2 Å². The van der Waals surface area contributed by atoms with Gasteiger partial charge in [0.1, 0.15) is 5.69 Å². The molecule has 1 amide bonds. The lowest BCUT2D eigenvalue weighted by Gasteiger charge is -2.33. The van der Waals surface area contributed by atoms with E-state index in [0.717, 1.165) is 0 Å². The number of carbonyl (C=O) groups excluding carboxylic acids is 1. The minimum atomic E-state index is -3.55. The van der Waals surface area contributed by atoms with Crippen molar-refractivity contribution in [2.45, 2.75) is 4.90 Å². The molecule has 2 aromatic rings. The average Bonchev–Trinajstić information content (AvgIpc) is 2.62. The highest BCUT2D eigenvalue weighted by Crippen LogP contribution is 2.17. The van der Waals surface area contributed by atoms with Crippen molar-refractivity contribution in [3.05, 3.63) is 58.5 Å². The van der Waals surface area contributed by atoms with Crippen molar-refractivity contribution in [3.8, 4) is 0 Å². The monoisotopic (exact) mass is 348 g/mol. The SMILES string of the molecule is O=C(c1ccc(=O)[nH]n1)N1CCN(S(=O)(=O)c2ccccc2)CC1. The van der Waals surface area contributed by atoms with Crippen LogP contribution >= 0.6 is 0 Å². The zero-order valence-electron chi connectivity index (χ0n) is 12.8. The fourth-order valence-corrected chi connectivity index (χ4v) is 3.94. The molecule has 0 spiro atoms. The van der Waals surface area contributed by atoms with Gasteiger partial charge >= 0.3 is 0 Å². The van der Waals surface area contributed by atoms with E-state index in [1.54, 1.807) is 30.3 Å². The molecule has 1 aliphatic rings. The molecular weight excluding hydrogens is 332 g/mol. The molecule has 2 heterocycles. The molecule has 8 nitrogen and oxygen atoms in total. The van der Waals surface area contributed by atoms with Crippen LogP contribution in [0.25, 0.3) is 0 Å². The number of nitrogens with one attached hydrogen (secondary N) is 1. The lowest BCUT2D eigenvalue weighted by Crippen LogP contribution is -2.50. The maximum Gasteiger partial charge on any atom is 0.274 e. The van der Waals surface area contributed by atoms with Crippen LogP contribution in [0.3, 0.4) is 0 Å². The number of benzene rings is 1. The number of hydrogen-bond donors (Lipinski definition) is 1. The number of rotatable bonds is 3. The number of H-pyrrole nitrogens is 1. The molecular formula is C15H16N4O4S. The Labute approximate surface area is 138 Å². The Morgan fingerprint density at radius 2 is 1.67 bits per heavy atom. The first-order valence-corrected chi connectivity index (χ1v) is 8.83. The fourth-order valence-electron chi connectivity index (χ4n) is 2.50. The first-order chi connectivity index (χ1) is 11.5. The Hall–Kier alpha value is -2.52. The van der Waals surface area contributed by atoms with Gasteiger partial charge in [0, 0.05) is 32.2 Å². The van der Waals surface area contributed by atoms with Crippen LogP contribution in [-0.4, -0.2) is 59.9 Å². The molecule has 1 fully saturated rings. The molecule has 1 aliphatic heterocycles. The molecule has 0 unspecified atom stereocenters. The van der Waals surface area contributed by atoms with Gasteiger partial charge in [0.2, 0.25) is 10.0 Å². The van der Waals surface area contributed by atoms with Crippen molar-refractivity contribution in [2.24, 2.45) is 0 Å².